The van der Waals surface area contributed by atoms with Crippen LogP contribution in [0.5, 0.6) is 23.0 Å². The molecule has 4 rings (SSSR count). The maximum absolute atomic E-state index is 5.72. The van der Waals surface area contributed by atoms with Crippen molar-refractivity contribution in [2.75, 3.05) is 26.9 Å². The van der Waals surface area contributed by atoms with Crippen molar-refractivity contribution < 1.29 is 18.9 Å². The van der Waals surface area contributed by atoms with E-state index < -0.39 is 0 Å². The Labute approximate surface area is 141 Å². The maximum Gasteiger partial charge on any atom is 0.203 e. The van der Waals surface area contributed by atoms with Crippen LogP contribution in [0, 0.1) is 0 Å². The topological polar surface area (TPSA) is 49.0 Å². The number of benzene rings is 2. The van der Waals surface area contributed by atoms with Gasteiger partial charge in [-0.2, -0.15) is 0 Å². The zero-order chi connectivity index (χ0) is 16.4. The van der Waals surface area contributed by atoms with Gasteiger partial charge in [-0.05, 0) is 23.8 Å². The first-order chi connectivity index (χ1) is 11.8. The highest BCUT2D eigenvalue weighted by Crippen LogP contribution is 2.40. The van der Waals surface area contributed by atoms with Gasteiger partial charge in [0.2, 0.25) is 5.75 Å². The molecule has 24 heavy (non-hydrogen) atoms. The Morgan fingerprint density at radius 3 is 2.79 bits per heavy atom. The van der Waals surface area contributed by atoms with E-state index in [0.29, 0.717) is 19.0 Å². The molecule has 0 saturated heterocycles. The van der Waals surface area contributed by atoms with Gasteiger partial charge in [0.1, 0.15) is 19.0 Å². The van der Waals surface area contributed by atoms with Crippen molar-refractivity contribution in [2.45, 2.75) is 19.0 Å². The van der Waals surface area contributed by atoms with Crippen LogP contribution in [-0.2, 0) is 6.54 Å². The first-order valence-electron chi connectivity index (χ1n) is 8.27. The molecule has 1 atom stereocenters. The van der Waals surface area contributed by atoms with Gasteiger partial charge in [0, 0.05) is 24.6 Å². The summed E-state index contributed by atoms with van der Waals surface area (Å²) < 4.78 is 22.5. The van der Waals surface area contributed by atoms with Gasteiger partial charge in [0.25, 0.3) is 0 Å². The van der Waals surface area contributed by atoms with Gasteiger partial charge in [0.05, 0.1) is 13.7 Å². The van der Waals surface area contributed by atoms with Crippen LogP contribution in [0.1, 0.15) is 23.6 Å². The fourth-order valence-corrected chi connectivity index (χ4v) is 3.22. The fraction of sp³-hybridized carbons (Fsp3) is 0.368. The lowest BCUT2D eigenvalue weighted by Gasteiger charge is -2.27. The quantitative estimate of drug-likeness (QED) is 0.935. The summed E-state index contributed by atoms with van der Waals surface area (Å²) in [5.41, 5.74) is 2.33. The number of ether oxygens (including phenoxy) is 4. The molecule has 5 nitrogen and oxygen atoms in total. The zero-order valence-electron chi connectivity index (χ0n) is 13.7. The van der Waals surface area contributed by atoms with E-state index in [-0.39, 0.29) is 6.04 Å². The van der Waals surface area contributed by atoms with E-state index in [9.17, 15) is 0 Å². The van der Waals surface area contributed by atoms with Gasteiger partial charge < -0.3 is 24.3 Å². The minimum Gasteiger partial charge on any atom is -0.493 e. The lowest BCUT2D eigenvalue weighted by Crippen LogP contribution is -2.26. The average molecular weight is 327 g/mol. The van der Waals surface area contributed by atoms with Crippen molar-refractivity contribution in [3.63, 3.8) is 0 Å². The molecule has 5 heteroatoms. The molecule has 2 aromatic carbocycles. The van der Waals surface area contributed by atoms with Crippen LogP contribution in [-0.4, -0.2) is 26.9 Å². The predicted molar refractivity (Wildman–Crippen MR) is 90.1 cm³/mol. The summed E-state index contributed by atoms with van der Waals surface area (Å²) in [5.74, 6) is 3.14. The third-order valence-electron chi connectivity index (χ3n) is 4.40. The molecule has 0 saturated carbocycles. The van der Waals surface area contributed by atoms with Crippen LogP contribution in [0.4, 0.5) is 0 Å². The van der Waals surface area contributed by atoms with Gasteiger partial charge in [-0.1, -0.05) is 18.2 Å². The van der Waals surface area contributed by atoms with Crippen LogP contribution in [0.25, 0.3) is 0 Å². The molecule has 0 aliphatic carbocycles. The monoisotopic (exact) mass is 327 g/mol. The van der Waals surface area contributed by atoms with Crippen LogP contribution in [0.3, 0.4) is 0 Å². The summed E-state index contributed by atoms with van der Waals surface area (Å²) in [7, 11) is 1.65. The van der Waals surface area contributed by atoms with E-state index in [0.717, 1.165) is 42.4 Å². The number of rotatable bonds is 4. The maximum atomic E-state index is 5.72. The van der Waals surface area contributed by atoms with E-state index in [2.05, 4.69) is 17.4 Å². The van der Waals surface area contributed by atoms with Gasteiger partial charge >= 0.3 is 0 Å². The van der Waals surface area contributed by atoms with Gasteiger partial charge in [-0.25, -0.2) is 0 Å². The summed E-state index contributed by atoms with van der Waals surface area (Å²) in [6.07, 6.45) is 0.957. The molecule has 0 spiro atoms. The molecule has 2 heterocycles. The number of para-hydroxylation sites is 1. The van der Waals surface area contributed by atoms with E-state index in [1.165, 1.54) is 5.56 Å². The molecule has 2 aliphatic heterocycles. The third-order valence-corrected chi connectivity index (χ3v) is 4.40. The second-order valence-corrected chi connectivity index (χ2v) is 5.93. The Morgan fingerprint density at radius 2 is 1.88 bits per heavy atom. The first kappa shape index (κ1) is 15.1. The highest BCUT2D eigenvalue weighted by Gasteiger charge is 2.22. The van der Waals surface area contributed by atoms with Crippen LogP contribution in [0.15, 0.2) is 36.4 Å². The number of nitrogens with one attached hydrogen (secondary N) is 1. The Morgan fingerprint density at radius 1 is 1.04 bits per heavy atom. The van der Waals surface area contributed by atoms with Crippen molar-refractivity contribution in [2.24, 2.45) is 0 Å². The first-order valence-corrected chi connectivity index (χ1v) is 8.27. The molecule has 0 amide bonds. The number of hydrogen-bond donors (Lipinski definition) is 1. The predicted octanol–water partition coefficient (Wildman–Crippen LogP) is 3.08. The number of methoxy groups -OCH3 is 1. The molecule has 126 valence electrons. The lowest BCUT2D eigenvalue weighted by atomic mass is 10.0. The summed E-state index contributed by atoms with van der Waals surface area (Å²) in [5, 5.41) is 3.62. The highest BCUT2D eigenvalue weighted by molar-refractivity contribution is 5.54. The lowest BCUT2D eigenvalue weighted by molar-refractivity contribution is 0.165. The van der Waals surface area contributed by atoms with E-state index in [1.807, 2.05) is 24.3 Å². The Bertz CT molecular complexity index is 714. The summed E-state index contributed by atoms with van der Waals surface area (Å²) in [6.45, 7) is 2.59. The molecule has 0 bridgehead atoms. The second kappa shape index (κ2) is 6.61. The second-order valence-electron chi connectivity index (χ2n) is 5.93. The third kappa shape index (κ3) is 2.87. The minimum atomic E-state index is 0.286. The molecular formula is C19H21NO4. The van der Waals surface area contributed by atoms with E-state index in [4.69, 9.17) is 18.9 Å². The summed E-state index contributed by atoms with van der Waals surface area (Å²) in [4.78, 5) is 0. The SMILES string of the molecule is COc1cc(CNC2CCOc3ccccc32)cc2c1OCCO2. The van der Waals surface area contributed by atoms with Crippen molar-refractivity contribution in [1.29, 1.82) is 0 Å². The fourth-order valence-electron chi connectivity index (χ4n) is 3.22. The largest absolute Gasteiger partial charge is 0.493 e. The number of fused-ring (bicyclic) bond motifs is 2. The van der Waals surface area contributed by atoms with Crippen molar-refractivity contribution >= 4 is 0 Å². The van der Waals surface area contributed by atoms with Crippen molar-refractivity contribution in [1.82, 2.24) is 5.32 Å². The smallest absolute Gasteiger partial charge is 0.203 e. The summed E-state index contributed by atoms with van der Waals surface area (Å²) >= 11 is 0. The number of hydrogen-bond acceptors (Lipinski definition) is 5. The molecule has 1 N–H and O–H groups in total. The molecular weight excluding hydrogens is 306 g/mol. The summed E-state index contributed by atoms with van der Waals surface area (Å²) in [6, 6.07) is 12.5. The van der Waals surface area contributed by atoms with Gasteiger partial charge in [0.15, 0.2) is 11.5 Å². The van der Waals surface area contributed by atoms with Crippen LogP contribution < -0.4 is 24.3 Å². The van der Waals surface area contributed by atoms with E-state index >= 15 is 0 Å². The van der Waals surface area contributed by atoms with E-state index in [1.54, 1.807) is 7.11 Å². The Hall–Kier alpha value is -2.40. The zero-order valence-corrected chi connectivity index (χ0v) is 13.7. The molecule has 2 aromatic rings. The van der Waals surface area contributed by atoms with Crippen molar-refractivity contribution in [3.05, 3.63) is 47.5 Å². The Kier molecular flexibility index (Phi) is 4.17. The molecule has 0 radical (unpaired) electrons. The highest BCUT2D eigenvalue weighted by atomic mass is 16.6. The standard InChI is InChI=1S/C19H21NO4/c1-21-17-10-13(11-18-19(17)24-9-8-23-18)12-20-15-6-7-22-16-5-3-2-4-14(15)16/h2-5,10-11,15,20H,6-9,12H2,1H3. The van der Waals surface area contributed by atoms with Crippen LogP contribution >= 0.6 is 0 Å². The van der Waals surface area contributed by atoms with Crippen molar-refractivity contribution in [3.8, 4) is 23.0 Å². The normalized spacial score (nSPS) is 18.5. The van der Waals surface area contributed by atoms with Gasteiger partial charge in [-0.3, -0.25) is 0 Å². The van der Waals surface area contributed by atoms with Crippen LogP contribution in [0.2, 0.25) is 0 Å². The molecule has 0 aromatic heterocycles. The molecule has 2 aliphatic rings. The molecule has 0 fully saturated rings. The van der Waals surface area contributed by atoms with Gasteiger partial charge in [-0.15, -0.1) is 0 Å². The average Bonchev–Trinajstić information content (AvgIpc) is 2.65. The Balaban J connectivity index is 1.52. The molecule has 1 unspecified atom stereocenters. The minimum absolute atomic E-state index is 0.286.